The third kappa shape index (κ3) is 5.50. The zero-order valence-corrected chi connectivity index (χ0v) is 18.1. The number of carbonyl (C=O) groups is 2. The van der Waals surface area contributed by atoms with E-state index in [0.717, 1.165) is 37.8 Å². The molecule has 2 saturated heterocycles. The number of amides is 2. The maximum absolute atomic E-state index is 12.8. The van der Waals surface area contributed by atoms with Gasteiger partial charge in [0, 0.05) is 25.2 Å². The molecule has 29 heavy (non-hydrogen) atoms. The predicted molar refractivity (Wildman–Crippen MR) is 114 cm³/mol. The second-order valence-corrected chi connectivity index (χ2v) is 8.41. The van der Waals surface area contributed by atoms with Gasteiger partial charge in [-0.2, -0.15) is 0 Å². The Labute approximate surface area is 174 Å². The van der Waals surface area contributed by atoms with Crippen molar-refractivity contribution in [1.82, 2.24) is 14.7 Å². The number of hydrogen-bond acceptors (Lipinski definition) is 4. The van der Waals surface area contributed by atoms with Crippen molar-refractivity contribution in [3.05, 3.63) is 29.8 Å². The van der Waals surface area contributed by atoms with Crippen LogP contribution in [0.15, 0.2) is 24.3 Å². The molecule has 6 heteroatoms. The summed E-state index contributed by atoms with van der Waals surface area (Å²) in [7, 11) is 3.80. The van der Waals surface area contributed by atoms with Crippen molar-refractivity contribution in [2.24, 2.45) is 11.8 Å². The van der Waals surface area contributed by atoms with Crippen LogP contribution in [0.4, 0.5) is 0 Å². The molecular formula is C23H35N3O3. The largest absolute Gasteiger partial charge is 0.497 e. The molecule has 0 aliphatic carbocycles. The molecule has 0 atom stereocenters. The van der Waals surface area contributed by atoms with E-state index in [4.69, 9.17) is 4.74 Å². The van der Waals surface area contributed by atoms with Crippen LogP contribution >= 0.6 is 0 Å². The van der Waals surface area contributed by atoms with Gasteiger partial charge in [0.1, 0.15) is 12.3 Å². The normalized spacial score (nSPS) is 19.2. The molecule has 2 fully saturated rings. The smallest absolute Gasteiger partial charge is 0.254 e. The summed E-state index contributed by atoms with van der Waals surface area (Å²) in [4.78, 5) is 31.6. The molecule has 0 saturated carbocycles. The van der Waals surface area contributed by atoms with Crippen LogP contribution in [0.5, 0.6) is 5.75 Å². The van der Waals surface area contributed by atoms with Crippen molar-refractivity contribution in [3.8, 4) is 5.75 Å². The van der Waals surface area contributed by atoms with E-state index in [1.165, 1.54) is 25.9 Å². The van der Waals surface area contributed by atoms with E-state index in [2.05, 4.69) is 11.9 Å². The maximum Gasteiger partial charge on any atom is 0.254 e. The van der Waals surface area contributed by atoms with Crippen molar-refractivity contribution < 1.29 is 14.3 Å². The summed E-state index contributed by atoms with van der Waals surface area (Å²) in [5, 5.41) is 0. The fourth-order valence-corrected chi connectivity index (χ4v) is 4.63. The second-order valence-electron chi connectivity index (χ2n) is 8.41. The molecule has 2 aliphatic rings. The van der Waals surface area contributed by atoms with E-state index < -0.39 is 0 Å². The minimum absolute atomic E-state index is 0.0653. The molecule has 0 spiro atoms. The van der Waals surface area contributed by atoms with E-state index in [0.29, 0.717) is 17.9 Å². The van der Waals surface area contributed by atoms with E-state index in [9.17, 15) is 9.59 Å². The Hall–Kier alpha value is -2.08. The van der Waals surface area contributed by atoms with Gasteiger partial charge in [-0.15, -0.1) is 0 Å². The Balaban J connectivity index is 1.50. The van der Waals surface area contributed by atoms with Gasteiger partial charge in [-0.05, 0) is 88.8 Å². The average Bonchev–Trinajstić information content (AvgIpc) is 2.77. The van der Waals surface area contributed by atoms with E-state index in [-0.39, 0.29) is 18.4 Å². The van der Waals surface area contributed by atoms with Crippen LogP contribution in [0.3, 0.4) is 0 Å². The number of likely N-dealkylation sites (tertiary alicyclic amines) is 2. The summed E-state index contributed by atoms with van der Waals surface area (Å²) >= 11 is 0. The number of likely N-dealkylation sites (N-methyl/N-ethyl adjacent to an activating group) is 1. The summed E-state index contributed by atoms with van der Waals surface area (Å²) < 4.78 is 5.15. The first kappa shape index (κ1) is 21.6. The molecule has 0 N–H and O–H groups in total. The summed E-state index contributed by atoms with van der Waals surface area (Å²) in [6, 6.07) is 7.05. The van der Waals surface area contributed by atoms with E-state index >= 15 is 0 Å². The lowest BCUT2D eigenvalue weighted by molar-refractivity contribution is -0.133. The Kier molecular flexibility index (Phi) is 7.53. The molecule has 0 aromatic heterocycles. The number of carbonyl (C=O) groups excluding carboxylic acids is 2. The molecule has 0 radical (unpaired) electrons. The monoisotopic (exact) mass is 401 g/mol. The SMILES string of the molecule is CCN(CC(=O)N1CCC(C2CCN(C)CC2)CC1)C(=O)c1ccc(OC)cc1. The third-order valence-corrected chi connectivity index (χ3v) is 6.65. The molecule has 2 heterocycles. The number of hydrogen-bond donors (Lipinski definition) is 0. The van der Waals surface area contributed by atoms with Crippen molar-refractivity contribution in [3.63, 3.8) is 0 Å². The number of benzene rings is 1. The molecule has 0 unspecified atom stereocenters. The van der Waals surface area contributed by atoms with Crippen LogP contribution in [0.2, 0.25) is 0 Å². The van der Waals surface area contributed by atoms with Crippen LogP contribution in [0.25, 0.3) is 0 Å². The summed E-state index contributed by atoms with van der Waals surface area (Å²) in [6.45, 7) is 6.63. The van der Waals surface area contributed by atoms with Gasteiger partial charge in [0.15, 0.2) is 0 Å². The van der Waals surface area contributed by atoms with E-state index in [1.54, 1.807) is 36.3 Å². The topological polar surface area (TPSA) is 53.1 Å². The molecule has 0 bridgehead atoms. The third-order valence-electron chi connectivity index (χ3n) is 6.65. The first-order valence-corrected chi connectivity index (χ1v) is 10.9. The van der Waals surface area contributed by atoms with Crippen LogP contribution in [-0.4, -0.2) is 79.9 Å². The van der Waals surface area contributed by atoms with Gasteiger partial charge in [-0.3, -0.25) is 9.59 Å². The summed E-state index contributed by atoms with van der Waals surface area (Å²) in [5.41, 5.74) is 0.585. The highest BCUT2D eigenvalue weighted by Crippen LogP contribution is 2.32. The van der Waals surface area contributed by atoms with Gasteiger partial charge < -0.3 is 19.4 Å². The number of ether oxygens (including phenoxy) is 1. The Morgan fingerprint density at radius 3 is 2.07 bits per heavy atom. The van der Waals surface area contributed by atoms with Crippen LogP contribution in [0.1, 0.15) is 43.0 Å². The zero-order chi connectivity index (χ0) is 20.8. The lowest BCUT2D eigenvalue weighted by Crippen LogP contribution is -2.47. The number of methoxy groups -OCH3 is 1. The first-order chi connectivity index (χ1) is 14.0. The molecular weight excluding hydrogens is 366 g/mol. The number of rotatable bonds is 6. The van der Waals surface area contributed by atoms with Crippen LogP contribution in [0, 0.1) is 11.8 Å². The van der Waals surface area contributed by atoms with Crippen molar-refractivity contribution >= 4 is 11.8 Å². The van der Waals surface area contributed by atoms with Crippen molar-refractivity contribution in [2.45, 2.75) is 32.6 Å². The zero-order valence-electron chi connectivity index (χ0n) is 18.1. The van der Waals surface area contributed by atoms with Gasteiger partial charge in [-0.25, -0.2) is 0 Å². The first-order valence-electron chi connectivity index (χ1n) is 10.9. The fourth-order valence-electron chi connectivity index (χ4n) is 4.63. The van der Waals surface area contributed by atoms with Gasteiger partial charge in [0.05, 0.1) is 7.11 Å². The standard InChI is InChI=1S/C23H35N3O3/c1-4-25(23(28)20-5-7-21(29-3)8-6-20)17-22(27)26-15-11-19(12-16-26)18-9-13-24(2)14-10-18/h5-8,18-19H,4,9-17H2,1-3H3. The Morgan fingerprint density at radius 1 is 1.00 bits per heavy atom. The van der Waals surface area contributed by atoms with Crippen molar-refractivity contribution in [1.29, 1.82) is 0 Å². The highest BCUT2D eigenvalue weighted by molar-refractivity contribution is 5.96. The molecule has 3 rings (SSSR count). The average molecular weight is 402 g/mol. The maximum atomic E-state index is 12.8. The summed E-state index contributed by atoms with van der Waals surface area (Å²) in [5.74, 6) is 2.23. The number of nitrogens with zero attached hydrogens (tertiary/aromatic N) is 3. The van der Waals surface area contributed by atoms with Crippen molar-refractivity contribution in [2.75, 3.05) is 53.4 Å². The van der Waals surface area contributed by atoms with Gasteiger partial charge >= 0.3 is 0 Å². The van der Waals surface area contributed by atoms with Crippen LogP contribution in [-0.2, 0) is 4.79 Å². The second kappa shape index (κ2) is 10.1. The number of piperidine rings is 2. The fraction of sp³-hybridized carbons (Fsp3) is 0.652. The van der Waals surface area contributed by atoms with Gasteiger partial charge in [0.25, 0.3) is 5.91 Å². The Bertz CT molecular complexity index is 675. The summed E-state index contributed by atoms with van der Waals surface area (Å²) in [6.07, 6.45) is 4.77. The molecule has 160 valence electrons. The van der Waals surface area contributed by atoms with Gasteiger partial charge in [-0.1, -0.05) is 0 Å². The Morgan fingerprint density at radius 2 is 1.55 bits per heavy atom. The molecule has 6 nitrogen and oxygen atoms in total. The quantitative estimate of drug-likeness (QED) is 0.736. The molecule has 1 aromatic rings. The van der Waals surface area contributed by atoms with Gasteiger partial charge in [0.2, 0.25) is 5.91 Å². The van der Waals surface area contributed by atoms with Crippen LogP contribution < -0.4 is 4.74 Å². The molecule has 2 aliphatic heterocycles. The minimum Gasteiger partial charge on any atom is -0.497 e. The lowest BCUT2D eigenvalue weighted by atomic mass is 9.79. The van der Waals surface area contributed by atoms with E-state index in [1.807, 2.05) is 11.8 Å². The highest BCUT2D eigenvalue weighted by Gasteiger charge is 2.31. The highest BCUT2D eigenvalue weighted by atomic mass is 16.5. The lowest BCUT2D eigenvalue weighted by Gasteiger charge is -2.39. The molecule has 2 amide bonds. The molecule has 1 aromatic carbocycles. The minimum atomic E-state index is -0.107. The predicted octanol–water partition coefficient (Wildman–Crippen LogP) is 2.74.